The van der Waals surface area contributed by atoms with Crippen molar-refractivity contribution in [3.8, 4) is 0 Å². The molecule has 3 atom stereocenters. The Morgan fingerprint density at radius 1 is 1.56 bits per heavy atom. The van der Waals surface area contributed by atoms with E-state index < -0.39 is 0 Å². The molecule has 16 heavy (non-hydrogen) atoms. The highest BCUT2D eigenvalue weighted by molar-refractivity contribution is 6.01. The Morgan fingerprint density at radius 2 is 2.19 bits per heavy atom. The number of rotatable bonds is 3. The van der Waals surface area contributed by atoms with Crippen molar-refractivity contribution in [1.82, 2.24) is 5.32 Å². The van der Waals surface area contributed by atoms with Crippen LogP contribution in [-0.2, 0) is 4.79 Å². The van der Waals surface area contributed by atoms with Crippen LogP contribution in [0.5, 0.6) is 0 Å². The number of hydrogen-bond acceptors (Lipinski definition) is 2. The van der Waals surface area contributed by atoms with E-state index in [0.29, 0.717) is 29.1 Å². The summed E-state index contributed by atoms with van der Waals surface area (Å²) in [6.45, 7) is 11.0. The van der Waals surface area contributed by atoms with Gasteiger partial charge in [-0.25, -0.2) is 0 Å². The lowest BCUT2D eigenvalue weighted by atomic mass is 9.95. The van der Waals surface area contributed by atoms with Gasteiger partial charge in [0.2, 0.25) is 0 Å². The van der Waals surface area contributed by atoms with Gasteiger partial charge in [-0.3, -0.25) is 4.79 Å². The average molecular weight is 221 g/mol. The van der Waals surface area contributed by atoms with Crippen molar-refractivity contribution in [1.29, 1.82) is 0 Å². The highest BCUT2D eigenvalue weighted by atomic mass is 16.1. The SMILES string of the molecule is CC[C@H](C)N/C(C)=C1\C(=O)C[C@@H]2[C@H]1C2(C)C. The molecule has 0 aliphatic heterocycles. The minimum Gasteiger partial charge on any atom is -0.386 e. The van der Waals surface area contributed by atoms with Crippen LogP contribution in [0.25, 0.3) is 0 Å². The zero-order valence-electron chi connectivity index (χ0n) is 11.1. The second-order valence-corrected chi connectivity index (χ2v) is 6.03. The maximum atomic E-state index is 11.9. The molecule has 0 heterocycles. The fraction of sp³-hybridized carbons (Fsp3) is 0.786. The van der Waals surface area contributed by atoms with Crippen molar-refractivity contribution >= 4 is 5.78 Å². The summed E-state index contributed by atoms with van der Waals surface area (Å²) in [7, 11) is 0. The minimum absolute atomic E-state index is 0.363. The molecule has 2 rings (SSSR count). The largest absolute Gasteiger partial charge is 0.386 e. The van der Waals surface area contributed by atoms with Crippen molar-refractivity contribution in [2.45, 2.75) is 53.5 Å². The number of carbonyl (C=O) groups is 1. The van der Waals surface area contributed by atoms with Crippen LogP contribution in [0.15, 0.2) is 11.3 Å². The zero-order chi connectivity index (χ0) is 12.1. The summed E-state index contributed by atoms with van der Waals surface area (Å²) >= 11 is 0. The van der Waals surface area contributed by atoms with Gasteiger partial charge >= 0.3 is 0 Å². The first-order valence-electron chi connectivity index (χ1n) is 6.40. The van der Waals surface area contributed by atoms with Crippen LogP contribution in [0.4, 0.5) is 0 Å². The molecule has 2 heteroatoms. The van der Waals surface area contributed by atoms with Crippen LogP contribution in [-0.4, -0.2) is 11.8 Å². The van der Waals surface area contributed by atoms with Crippen molar-refractivity contribution < 1.29 is 4.79 Å². The first-order valence-corrected chi connectivity index (χ1v) is 6.40. The lowest BCUT2D eigenvalue weighted by Crippen LogP contribution is -2.26. The van der Waals surface area contributed by atoms with Crippen LogP contribution < -0.4 is 5.32 Å². The summed E-state index contributed by atoms with van der Waals surface area (Å²) in [5, 5.41) is 3.46. The van der Waals surface area contributed by atoms with Gasteiger partial charge in [0.25, 0.3) is 0 Å². The van der Waals surface area contributed by atoms with Gasteiger partial charge in [0, 0.05) is 23.7 Å². The molecule has 2 saturated carbocycles. The van der Waals surface area contributed by atoms with E-state index in [4.69, 9.17) is 0 Å². The minimum atomic E-state index is 0.363. The first kappa shape index (κ1) is 11.7. The number of hydrogen-bond donors (Lipinski definition) is 1. The van der Waals surface area contributed by atoms with Gasteiger partial charge in [-0.1, -0.05) is 20.8 Å². The number of fused-ring (bicyclic) bond motifs is 1. The van der Waals surface area contributed by atoms with Crippen LogP contribution >= 0.6 is 0 Å². The smallest absolute Gasteiger partial charge is 0.161 e. The number of ketones is 1. The Balaban J connectivity index is 2.19. The Bertz CT molecular complexity index is 354. The van der Waals surface area contributed by atoms with Gasteiger partial charge in [-0.05, 0) is 37.5 Å². The van der Waals surface area contributed by atoms with E-state index in [1.807, 2.05) is 0 Å². The van der Waals surface area contributed by atoms with Crippen molar-refractivity contribution in [2.75, 3.05) is 0 Å². The van der Waals surface area contributed by atoms with Crippen molar-refractivity contribution in [2.24, 2.45) is 17.3 Å². The summed E-state index contributed by atoms with van der Waals surface area (Å²) in [6, 6.07) is 0.459. The summed E-state index contributed by atoms with van der Waals surface area (Å²) in [5.74, 6) is 1.52. The maximum Gasteiger partial charge on any atom is 0.161 e. The predicted molar refractivity (Wildman–Crippen MR) is 66.0 cm³/mol. The molecule has 0 aromatic heterocycles. The van der Waals surface area contributed by atoms with Gasteiger partial charge in [0.05, 0.1) is 0 Å². The molecule has 2 aliphatic rings. The van der Waals surface area contributed by atoms with E-state index >= 15 is 0 Å². The first-order chi connectivity index (χ1) is 7.39. The van der Waals surface area contributed by atoms with E-state index in [9.17, 15) is 4.79 Å². The maximum absolute atomic E-state index is 11.9. The fourth-order valence-electron chi connectivity index (χ4n) is 3.17. The van der Waals surface area contributed by atoms with E-state index in [-0.39, 0.29) is 0 Å². The molecule has 90 valence electrons. The molecule has 2 fully saturated rings. The molecule has 0 spiro atoms. The highest BCUT2D eigenvalue weighted by Crippen LogP contribution is 2.68. The van der Waals surface area contributed by atoms with Crippen LogP contribution in [0.1, 0.15) is 47.5 Å². The predicted octanol–water partition coefficient (Wildman–Crippen LogP) is 2.89. The molecule has 0 unspecified atom stereocenters. The molecule has 0 saturated heterocycles. The summed E-state index contributed by atoms with van der Waals surface area (Å²) in [5.41, 5.74) is 2.58. The van der Waals surface area contributed by atoms with Gasteiger partial charge in [-0.2, -0.15) is 0 Å². The van der Waals surface area contributed by atoms with Crippen LogP contribution in [0, 0.1) is 17.3 Å². The molecular formula is C14H23NO. The highest BCUT2D eigenvalue weighted by Gasteiger charge is 2.65. The molecule has 1 N–H and O–H groups in total. The summed E-state index contributed by atoms with van der Waals surface area (Å²) < 4.78 is 0. The van der Waals surface area contributed by atoms with E-state index in [1.165, 1.54) is 0 Å². The number of allylic oxidation sites excluding steroid dienone is 2. The zero-order valence-corrected chi connectivity index (χ0v) is 11.1. The number of nitrogens with one attached hydrogen (secondary N) is 1. The van der Waals surface area contributed by atoms with Gasteiger partial charge in [0.15, 0.2) is 5.78 Å². The molecule has 0 amide bonds. The third-order valence-electron chi connectivity index (χ3n) is 4.55. The third-order valence-corrected chi connectivity index (χ3v) is 4.55. The Kier molecular flexibility index (Phi) is 2.64. The second-order valence-electron chi connectivity index (χ2n) is 6.03. The standard InChI is InChI=1S/C14H23NO/c1-6-8(2)15-9(3)12-11(16)7-10-13(12)14(10,4)5/h8,10,13,15H,6-7H2,1-5H3/b12-9+/t8-,10+,13+/m0/s1. The molecule has 0 aromatic carbocycles. The molecule has 2 nitrogen and oxygen atoms in total. The monoisotopic (exact) mass is 221 g/mol. The normalized spacial score (nSPS) is 35.7. The van der Waals surface area contributed by atoms with E-state index in [2.05, 4.69) is 39.9 Å². The fourth-order valence-corrected chi connectivity index (χ4v) is 3.17. The van der Waals surface area contributed by atoms with Gasteiger partial charge in [0.1, 0.15) is 0 Å². The second kappa shape index (κ2) is 3.61. The van der Waals surface area contributed by atoms with Crippen molar-refractivity contribution in [3.05, 3.63) is 11.3 Å². The van der Waals surface area contributed by atoms with Gasteiger partial charge in [-0.15, -0.1) is 0 Å². The quantitative estimate of drug-likeness (QED) is 0.742. The van der Waals surface area contributed by atoms with E-state index in [1.54, 1.807) is 0 Å². The topological polar surface area (TPSA) is 29.1 Å². The molecule has 0 bridgehead atoms. The third kappa shape index (κ3) is 1.59. The molecule has 2 aliphatic carbocycles. The molecular weight excluding hydrogens is 198 g/mol. The lowest BCUT2D eigenvalue weighted by Gasteiger charge is -2.18. The molecule has 0 aromatic rings. The Hall–Kier alpha value is -0.790. The number of Topliss-reactive ketones (excluding diaryl/α,β-unsaturated/α-hetero) is 1. The lowest BCUT2D eigenvalue weighted by molar-refractivity contribution is -0.115. The van der Waals surface area contributed by atoms with Gasteiger partial charge < -0.3 is 5.32 Å². The summed E-state index contributed by atoms with van der Waals surface area (Å²) in [6.07, 6.45) is 1.86. The summed E-state index contributed by atoms with van der Waals surface area (Å²) in [4.78, 5) is 11.9. The van der Waals surface area contributed by atoms with Crippen molar-refractivity contribution in [3.63, 3.8) is 0 Å². The average Bonchev–Trinajstić information content (AvgIpc) is 2.61. The molecule has 0 radical (unpaired) electrons. The Morgan fingerprint density at radius 3 is 2.69 bits per heavy atom. The van der Waals surface area contributed by atoms with Crippen LogP contribution in [0.3, 0.4) is 0 Å². The van der Waals surface area contributed by atoms with E-state index in [0.717, 1.165) is 24.1 Å². The Labute approximate surface area is 98.5 Å². The van der Waals surface area contributed by atoms with Crippen LogP contribution in [0.2, 0.25) is 0 Å². The number of carbonyl (C=O) groups excluding carboxylic acids is 1.